The zero-order valence-electron chi connectivity index (χ0n) is 11.3. The van der Waals surface area contributed by atoms with E-state index in [0.717, 1.165) is 12.8 Å². The minimum atomic E-state index is -0.582. The van der Waals surface area contributed by atoms with Gasteiger partial charge in [-0.15, -0.1) is 0 Å². The minimum absolute atomic E-state index is 0.0651. The summed E-state index contributed by atoms with van der Waals surface area (Å²) in [6.45, 7) is 3.37. The minimum Gasteiger partial charge on any atom is -0.480 e. The van der Waals surface area contributed by atoms with Crippen molar-refractivity contribution >= 4 is 5.91 Å². The highest BCUT2D eigenvalue weighted by atomic mass is 19.1. The van der Waals surface area contributed by atoms with E-state index >= 15 is 0 Å². The second-order valence-electron chi connectivity index (χ2n) is 4.26. The lowest BCUT2D eigenvalue weighted by molar-refractivity contribution is -0.123. The second-order valence-corrected chi connectivity index (χ2v) is 4.26. The van der Waals surface area contributed by atoms with Crippen LogP contribution in [0, 0.1) is 5.82 Å². The number of ether oxygens (including phenoxy) is 1. The molecule has 106 valence electrons. The van der Waals surface area contributed by atoms with Crippen LogP contribution >= 0.6 is 0 Å². The first-order valence-corrected chi connectivity index (χ1v) is 6.42. The quantitative estimate of drug-likeness (QED) is 0.796. The van der Waals surface area contributed by atoms with Gasteiger partial charge in [0.05, 0.1) is 6.61 Å². The summed E-state index contributed by atoms with van der Waals surface area (Å²) >= 11 is 0. The maximum atomic E-state index is 13.5. The summed E-state index contributed by atoms with van der Waals surface area (Å²) in [6.07, 6.45) is 1.67. The number of hydrogen-bond donors (Lipinski definition) is 2. The van der Waals surface area contributed by atoms with Crippen LogP contribution in [0.3, 0.4) is 0 Å². The molecule has 1 aromatic rings. The van der Waals surface area contributed by atoms with Gasteiger partial charge in [0, 0.05) is 11.6 Å². The molecule has 0 radical (unpaired) electrons. The fourth-order valence-electron chi connectivity index (χ4n) is 1.74. The molecule has 0 aromatic heterocycles. The average Bonchev–Trinajstić information content (AvgIpc) is 2.43. The molecule has 19 heavy (non-hydrogen) atoms. The molecule has 0 aliphatic carbocycles. The summed E-state index contributed by atoms with van der Waals surface area (Å²) in [4.78, 5) is 11.6. The molecule has 1 amide bonds. The Morgan fingerprint density at radius 3 is 2.68 bits per heavy atom. The number of aliphatic hydroxyl groups is 1. The third-order valence-electron chi connectivity index (χ3n) is 2.92. The van der Waals surface area contributed by atoms with Crippen molar-refractivity contribution in [3.63, 3.8) is 0 Å². The van der Waals surface area contributed by atoms with Gasteiger partial charge >= 0.3 is 0 Å². The summed E-state index contributed by atoms with van der Waals surface area (Å²) in [6, 6.07) is 4.37. The van der Waals surface area contributed by atoms with Crippen LogP contribution < -0.4 is 10.1 Å². The number of aliphatic hydroxyl groups excluding tert-OH is 1. The van der Waals surface area contributed by atoms with Gasteiger partial charge in [-0.1, -0.05) is 26.0 Å². The zero-order chi connectivity index (χ0) is 14.3. The molecule has 0 spiro atoms. The van der Waals surface area contributed by atoms with Crippen molar-refractivity contribution in [2.45, 2.75) is 39.3 Å². The Hall–Kier alpha value is -1.62. The first-order valence-electron chi connectivity index (χ1n) is 6.42. The van der Waals surface area contributed by atoms with Crippen LogP contribution in [-0.4, -0.2) is 23.7 Å². The first kappa shape index (κ1) is 15.4. The van der Waals surface area contributed by atoms with Gasteiger partial charge in [-0.05, 0) is 18.9 Å². The standard InChI is InChI=1S/C14H20FNO3/c1-3-11(4-2)16-13(18)9-19-14-10(8-17)6-5-7-12(14)15/h5-7,11,17H,3-4,8-9H2,1-2H3,(H,16,18). The topological polar surface area (TPSA) is 58.6 Å². The van der Waals surface area contributed by atoms with Gasteiger partial charge in [-0.2, -0.15) is 0 Å². The second kappa shape index (κ2) is 7.74. The van der Waals surface area contributed by atoms with Crippen molar-refractivity contribution in [2.24, 2.45) is 0 Å². The van der Waals surface area contributed by atoms with E-state index in [0.29, 0.717) is 5.56 Å². The van der Waals surface area contributed by atoms with Gasteiger partial charge in [0.2, 0.25) is 0 Å². The van der Waals surface area contributed by atoms with Crippen molar-refractivity contribution in [1.29, 1.82) is 0 Å². The summed E-state index contributed by atoms with van der Waals surface area (Å²) in [5.74, 6) is -0.938. The van der Waals surface area contributed by atoms with Gasteiger partial charge < -0.3 is 15.2 Å². The van der Waals surface area contributed by atoms with Crippen molar-refractivity contribution in [3.8, 4) is 5.75 Å². The molecule has 1 aromatic carbocycles. The molecule has 0 saturated carbocycles. The van der Waals surface area contributed by atoms with Crippen LogP contribution in [0.5, 0.6) is 5.75 Å². The number of hydrogen-bond acceptors (Lipinski definition) is 3. The Kier molecular flexibility index (Phi) is 6.29. The van der Waals surface area contributed by atoms with Crippen LogP contribution in [0.15, 0.2) is 18.2 Å². The Morgan fingerprint density at radius 2 is 2.11 bits per heavy atom. The van der Waals surface area contributed by atoms with E-state index in [2.05, 4.69) is 5.32 Å². The number of halogens is 1. The summed E-state index contributed by atoms with van der Waals surface area (Å²) < 4.78 is 18.7. The van der Waals surface area contributed by atoms with Crippen LogP contribution in [0.1, 0.15) is 32.3 Å². The molecule has 2 N–H and O–H groups in total. The summed E-state index contributed by atoms with van der Waals surface area (Å²) in [5.41, 5.74) is 0.329. The third kappa shape index (κ3) is 4.52. The molecule has 0 aliphatic rings. The molecule has 0 bridgehead atoms. The normalized spacial score (nSPS) is 10.6. The maximum absolute atomic E-state index is 13.5. The van der Waals surface area contributed by atoms with Crippen molar-refractivity contribution < 1.29 is 19.0 Å². The molecule has 0 aliphatic heterocycles. The molecular weight excluding hydrogens is 249 g/mol. The molecule has 0 saturated heterocycles. The number of carbonyl (C=O) groups is 1. The Labute approximate surface area is 112 Å². The number of para-hydroxylation sites is 1. The molecule has 5 heteroatoms. The van der Waals surface area contributed by atoms with Crippen molar-refractivity contribution in [2.75, 3.05) is 6.61 Å². The van der Waals surface area contributed by atoms with Gasteiger partial charge in [0.15, 0.2) is 18.2 Å². The van der Waals surface area contributed by atoms with Crippen LogP contribution in [0.4, 0.5) is 4.39 Å². The molecule has 0 atom stereocenters. The molecule has 0 unspecified atom stereocenters. The smallest absolute Gasteiger partial charge is 0.258 e. The number of benzene rings is 1. The van der Waals surface area contributed by atoms with E-state index in [1.165, 1.54) is 12.1 Å². The molecule has 0 heterocycles. The first-order chi connectivity index (χ1) is 9.12. The average molecular weight is 269 g/mol. The van der Waals surface area contributed by atoms with Crippen LogP contribution in [0.25, 0.3) is 0 Å². The Bertz CT molecular complexity index is 419. The van der Waals surface area contributed by atoms with E-state index in [-0.39, 0.29) is 30.9 Å². The van der Waals surface area contributed by atoms with E-state index in [9.17, 15) is 9.18 Å². The highest BCUT2D eigenvalue weighted by Crippen LogP contribution is 2.22. The predicted molar refractivity (Wildman–Crippen MR) is 70.3 cm³/mol. The lowest BCUT2D eigenvalue weighted by Gasteiger charge is -2.16. The maximum Gasteiger partial charge on any atom is 0.258 e. The van der Waals surface area contributed by atoms with Crippen LogP contribution in [-0.2, 0) is 11.4 Å². The lowest BCUT2D eigenvalue weighted by Crippen LogP contribution is -2.37. The summed E-state index contributed by atoms with van der Waals surface area (Å²) in [7, 11) is 0. The lowest BCUT2D eigenvalue weighted by atomic mass is 10.2. The summed E-state index contributed by atoms with van der Waals surface area (Å²) in [5, 5.41) is 11.9. The van der Waals surface area contributed by atoms with Crippen molar-refractivity contribution in [1.82, 2.24) is 5.32 Å². The Balaban J connectivity index is 2.59. The number of carbonyl (C=O) groups excluding carboxylic acids is 1. The van der Waals surface area contributed by atoms with Gasteiger partial charge in [-0.25, -0.2) is 4.39 Å². The Morgan fingerprint density at radius 1 is 1.42 bits per heavy atom. The van der Waals surface area contributed by atoms with E-state index in [4.69, 9.17) is 9.84 Å². The fraction of sp³-hybridized carbons (Fsp3) is 0.500. The van der Waals surface area contributed by atoms with Crippen LogP contribution in [0.2, 0.25) is 0 Å². The van der Waals surface area contributed by atoms with Gasteiger partial charge in [0.25, 0.3) is 5.91 Å². The third-order valence-corrected chi connectivity index (χ3v) is 2.92. The van der Waals surface area contributed by atoms with E-state index < -0.39 is 5.82 Å². The SMILES string of the molecule is CCC(CC)NC(=O)COc1c(F)cccc1CO. The number of nitrogens with one attached hydrogen (secondary N) is 1. The highest BCUT2D eigenvalue weighted by molar-refractivity contribution is 5.77. The fourth-order valence-corrected chi connectivity index (χ4v) is 1.74. The van der Waals surface area contributed by atoms with Crippen molar-refractivity contribution in [3.05, 3.63) is 29.6 Å². The predicted octanol–water partition coefficient (Wildman–Crippen LogP) is 2.00. The van der Waals surface area contributed by atoms with Gasteiger partial charge in [0.1, 0.15) is 0 Å². The number of amides is 1. The molecule has 1 rings (SSSR count). The molecular formula is C14H20FNO3. The molecule has 4 nitrogen and oxygen atoms in total. The van der Waals surface area contributed by atoms with Gasteiger partial charge in [-0.3, -0.25) is 4.79 Å². The number of rotatable bonds is 7. The monoisotopic (exact) mass is 269 g/mol. The van der Waals surface area contributed by atoms with E-state index in [1.54, 1.807) is 6.07 Å². The molecule has 0 fully saturated rings. The van der Waals surface area contributed by atoms with E-state index in [1.807, 2.05) is 13.8 Å². The highest BCUT2D eigenvalue weighted by Gasteiger charge is 2.13. The zero-order valence-corrected chi connectivity index (χ0v) is 11.3. The largest absolute Gasteiger partial charge is 0.480 e.